The summed E-state index contributed by atoms with van der Waals surface area (Å²) in [6, 6.07) is 8.74. The molecule has 0 atom stereocenters. The fourth-order valence-corrected chi connectivity index (χ4v) is 2.11. The average molecular weight is 212 g/mol. The van der Waals surface area contributed by atoms with Crippen molar-refractivity contribution in [2.45, 2.75) is 0 Å². The minimum absolute atomic E-state index is 0.214. The van der Waals surface area contributed by atoms with Crippen LogP contribution in [0.1, 0.15) is 5.56 Å². The summed E-state index contributed by atoms with van der Waals surface area (Å²) in [6.07, 6.45) is 0. The molecule has 0 bridgehead atoms. The monoisotopic (exact) mass is 212 g/mol. The lowest BCUT2D eigenvalue weighted by molar-refractivity contribution is -0.0458. The van der Waals surface area contributed by atoms with Crippen molar-refractivity contribution >= 4 is 15.7 Å². The van der Waals surface area contributed by atoms with E-state index in [1.54, 1.807) is 24.3 Å². The van der Waals surface area contributed by atoms with E-state index in [0.717, 1.165) is 5.41 Å². The molecule has 1 aromatic rings. The molecule has 2 N–H and O–H groups in total. The lowest BCUT2D eigenvalue weighted by Gasteiger charge is -2.11. The Hall–Kier alpha value is -1.37. The summed E-state index contributed by atoms with van der Waals surface area (Å²) >= 11 is 0. The van der Waals surface area contributed by atoms with Crippen LogP contribution >= 0.6 is 0 Å². The summed E-state index contributed by atoms with van der Waals surface area (Å²) in [5, 5.41) is 10.7. The Morgan fingerprint density at radius 2 is 1.86 bits per heavy atom. The van der Waals surface area contributed by atoms with Gasteiger partial charge in [-0.25, -0.2) is 8.42 Å². The Morgan fingerprint density at radius 1 is 1.21 bits per heavy atom. The number of hydrogen-bond acceptors (Lipinski definition) is 4. The maximum Gasteiger partial charge on any atom is 0.254 e. The van der Waals surface area contributed by atoms with Crippen LogP contribution in [0.15, 0.2) is 35.7 Å². The summed E-state index contributed by atoms with van der Waals surface area (Å²) in [4.78, 5) is 1.91. The molecule has 0 amide bonds. The van der Waals surface area contributed by atoms with Gasteiger partial charge in [-0.1, -0.05) is 35.2 Å². The third-order valence-electron chi connectivity index (χ3n) is 1.78. The van der Waals surface area contributed by atoms with Crippen molar-refractivity contribution in [1.29, 1.82) is 0 Å². The number of benzene rings is 1. The van der Waals surface area contributed by atoms with Crippen LogP contribution in [0.2, 0.25) is 0 Å². The van der Waals surface area contributed by atoms with Crippen molar-refractivity contribution < 1.29 is 13.6 Å². The first kappa shape index (κ1) is 9.20. The summed E-state index contributed by atoms with van der Waals surface area (Å²) in [6.45, 7) is 0. The maximum absolute atomic E-state index is 11.0. The zero-order valence-electron chi connectivity index (χ0n) is 7.08. The topological polar surface area (TPSA) is 69.6 Å². The molecular formula is C8H8N2O3S. The molecule has 1 aromatic carbocycles. The van der Waals surface area contributed by atoms with Gasteiger partial charge in [0.15, 0.2) is 0 Å². The summed E-state index contributed by atoms with van der Waals surface area (Å²) in [5.74, 6) is 0. The van der Waals surface area contributed by atoms with Crippen LogP contribution in [-0.2, 0) is 10.0 Å². The zero-order chi connectivity index (χ0) is 10.2. The van der Waals surface area contributed by atoms with Gasteiger partial charge in [0.25, 0.3) is 10.0 Å². The van der Waals surface area contributed by atoms with Crippen molar-refractivity contribution in [2.24, 2.45) is 0 Å². The lowest BCUT2D eigenvalue weighted by Crippen LogP contribution is -2.30. The molecule has 2 rings (SSSR count). The molecule has 0 saturated carbocycles. The van der Waals surface area contributed by atoms with E-state index in [0.29, 0.717) is 10.7 Å². The SMILES string of the molecule is O=S1(=O)C=C(c2ccccc2)N(O)N1. The van der Waals surface area contributed by atoms with Crippen molar-refractivity contribution in [3.8, 4) is 0 Å². The smallest absolute Gasteiger partial charge is 0.254 e. The average Bonchev–Trinajstić information content (AvgIpc) is 2.41. The Bertz CT molecular complexity index is 467. The number of hydroxylamine groups is 1. The van der Waals surface area contributed by atoms with Gasteiger partial charge in [0, 0.05) is 5.56 Å². The van der Waals surface area contributed by atoms with Gasteiger partial charge < -0.3 is 0 Å². The van der Waals surface area contributed by atoms with Crippen LogP contribution in [0.5, 0.6) is 0 Å². The van der Waals surface area contributed by atoms with E-state index >= 15 is 0 Å². The maximum atomic E-state index is 11.0. The fraction of sp³-hybridized carbons (Fsp3) is 0. The number of nitrogens with zero attached hydrogens (tertiary/aromatic N) is 1. The van der Waals surface area contributed by atoms with Crippen molar-refractivity contribution in [2.75, 3.05) is 0 Å². The number of nitrogens with one attached hydrogen (secondary N) is 1. The van der Waals surface area contributed by atoms with E-state index in [1.807, 2.05) is 10.9 Å². The molecule has 5 nitrogen and oxygen atoms in total. The second-order valence-electron chi connectivity index (χ2n) is 2.82. The normalized spacial score (nSPS) is 19.5. The van der Waals surface area contributed by atoms with Crippen LogP contribution in [0.25, 0.3) is 5.70 Å². The van der Waals surface area contributed by atoms with Crippen LogP contribution < -0.4 is 4.83 Å². The van der Waals surface area contributed by atoms with Crippen molar-refractivity contribution in [3.05, 3.63) is 41.3 Å². The van der Waals surface area contributed by atoms with Gasteiger partial charge in [-0.15, -0.1) is 0 Å². The highest BCUT2D eigenvalue weighted by Crippen LogP contribution is 2.21. The van der Waals surface area contributed by atoms with Gasteiger partial charge in [0.05, 0.1) is 5.41 Å². The molecule has 0 aliphatic carbocycles. The molecule has 0 saturated heterocycles. The summed E-state index contributed by atoms with van der Waals surface area (Å²) in [5.41, 5.74) is 0.842. The van der Waals surface area contributed by atoms with Crippen LogP contribution in [0.4, 0.5) is 0 Å². The van der Waals surface area contributed by atoms with Gasteiger partial charge in [0.2, 0.25) is 0 Å². The molecule has 0 radical (unpaired) electrons. The highest BCUT2D eigenvalue weighted by atomic mass is 32.2. The molecule has 74 valence electrons. The second kappa shape index (κ2) is 3.09. The van der Waals surface area contributed by atoms with Gasteiger partial charge in [-0.05, 0) is 0 Å². The fourth-order valence-electron chi connectivity index (χ4n) is 1.19. The van der Waals surface area contributed by atoms with Gasteiger partial charge >= 0.3 is 0 Å². The standard InChI is InChI=1S/C8H8N2O3S/c11-10-8(6-14(12,13)9-10)7-4-2-1-3-5-7/h1-6,9,11H. The predicted molar refractivity (Wildman–Crippen MR) is 50.1 cm³/mol. The van der Waals surface area contributed by atoms with Gasteiger partial charge in [-0.2, -0.15) is 5.17 Å². The van der Waals surface area contributed by atoms with Crippen molar-refractivity contribution in [1.82, 2.24) is 10.0 Å². The number of sulfonamides is 1. The minimum Gasteiger partial charge on any atom is -0.272 e. The summed E-state index contributed by atoms with van der Waals surface area (Å²) in [7, 11) is -3.53. The first-order valence-electron chi connectivity index (χ1n) is 3.87. The molecule has 1 aliphatic rings. The van der Waals surface area contributed by atoms with Crippen LogP contribution in [0, 0.1) is 0 Å². The predicted octanol–water partition coefficient (Wildman–Crippen LogP) is 0.524. The minimum atomic E-state index is -3.53. The molecule has 1 aliphatic heterocycles. The first-order valence-corrected chi connectivity index (χ1v) is 5.42. The zero-order valence-corrected chi connectivity index (χ0v) is 7.90. The highest BCUT2D eigenvalue weighted by Gasteiger charge is 2.25. The molecule has 0 fully saturated rings. The second-order valence-corrected chi connectivity index (χ2v) is 4.33. The lowest BCUT2D eigenvalue weighted by atomic mass is 10.2. The quantitative estimate of drug-likeness (QED) is 0.712. The molecular weight excluding hydrogens is 204 g/mol. The van der Waals surface area contributed by atoms with Crippen LogP contribution in [-0.4, -0.2) is 18.8 Å². The number of hydrazine groups is 1. The molecule has 0 aromatic heterocycles. The molecule has 6 heteroatoms. The first-order chi connectivity index (χ1) is 6.58. The van der Waals surface area contributed by atoms with E-state index < -0.39 is 10.0 Å². The Kier molecular flexibility index (Phi) is 2.03. The van der Waals surface area contributed by atoms with E-state index in [-0.39, 0.29) is 5.70 Å². The third kappa shape index (κ3) is 1.63. The summed E-state index contributed by atoms with van der Waals surface area (Å²) < 4.78 is 22.1. The van der Waals surface area contributed by atoms with Gasteiger partial charge in [0.1, 0.15) is 5.70 Å². The molecule has 1 heterocycles. The van der Waals surface area contributed by atoms with E-state index in [1.165, 1.54) is 0 Å². The Labute approximate surface area is 81.3 Å². The molecule has 14 heavy (non-hydrogen) atoms. The van der Waals surface area contributed by atoms with E-state index in [9.17, 15) is 13.6 Å². The van der Waals surface area contributed by atoms with Gasteiger partial charge in [-0.3, -0.25) is 5.21 Å². The van der Waals surface area contributed by atoms with E-state index in [4.69, 9.17) is 0 Å². The van der Waals surface area contributed by atoms with Crippen molar-refractivity contribution in [3.63, 3.8) is 0 Å². The largest absolute Gasteiger partial charge is 0.272 e. The molecule has 0 spiro atoms. The number of rotatable bonds is 1. The Balaban J connectivity index is 2.47. The van der Waals surface area contributed by atoms with E-state index in [2.05, 4.69) is 0 Å². The van der Waals surface area contributed by atoms with Crippen LogP contribution in [0.3, 0.4) is 0 Å². The Morgan fingerprint density at radius 3 is 2.36 bits per heavy atom. The third-order valence-corrected chi connectivity index (χ3v) is 2.74. The highest BCUT2D eigenvalue weighted by molar-refractivity contribution is 7.92. The molecule has 0 unspecified atom stereocenters. The number of hydrogen-bond donors (Lipinski definition) is 2.